The smallest absolute Gasteiger partial charge is 0.232 e. The molecule has 1 aromatic heterocycles. The van der Waals surface area contributed by atoms with Gasteiger partial charge in [-0.05, 0) is 36.8 Å². The first kappa shape index (κ1) is 18.5. The van der Waals surface area contributed by atoms with Crippen LogP contribution in [0.1, 0.15) is 40.1 Å². The fourth-order valence-corrected chi connectivity index (χ4v) is 4.65. The third-order valence-corrected chi connectivity index (χ3v) is 6.20. The fraction of sp³-hybridized carbons (Fsp3) is 0.261. The number of ketones is 1. The molecule has 0 atom stereocenters. The summed E-state index contributed by atoms with van der Waals surface area (Å²) in [7, 11) is 0. The Morgan fingerprint density at radius 1 is 1.21 bits per heavy atom. The van der Waals surface area contributed by atoms with Crippen LogP contribution in [0.15, 0.2) is 45.0 Å². The van der Waals surface area contributed by atoms with Crippen molar-refractivity contribution in [1.29, 1.82) is 0 Å². The molecule has 2 aliphatic rings. The van der Waals surface area contributed by atoms with Crippen molar-refractivity contribution < 1.29 is 24.0 Å². The predicted octanol–water partition coefficient (Wildman–Crippen LogP) is 3.37. The lowest BCUT2D eigenvalue weighted by Gasteiger charge is -2.20. The molecule has 29 heavy (non-hydrogen) atoms. The van der Waals surface area contributed by atoms with E-state index in [2.05, 4.69) is 15.9 Å². The molecule has 0 saturated carbocycles. The van der Waals surface area contributed by atoms with E-state index in [1.54, 1.807) is 19.1 Å². The predicted molar refractivity (Wildman–Crippen MR) is 111 cm³/mol. The first-order chi connectivity index (χ1) is 14.0. The molecular weight excluding hydrogens is 434 g/mol. The number of carbonyl (C=O) groups excluding carboxylic acids is 1. The highest BCUT2D eigenvalue weighted by molar-refractivity contribution is 9.10. The van der Waals surface area contributed by atoms with E-state index in [4.69, 9.17) is 9.15 Å². The van der Waals surface area contributed by atoms with Crippen LogP contribution in [0.2, 0.25) is 0 Å². The number of rotatable bonds is 3. The minimum atomic E-state index is -0.197. The average Bonchev–Trinajstić information content (AvgIpc) is 3.38. The van der Waals surface area contributed by atoms with Gasteiger partial charge in [-0.1, -0.05) is 27.7 Å². The van der Waals surface area contributed by atoms with Crippen LogP contribution in [0, 0.1) is 6.92 Å². The van der Waals surface area contributed by atoms with Gasteiger partial charge >= 0.3 is 0 Å². The third kappa shape index (κ3) is 3.26. The SMILES string of the molecule is Cc1cc([O-])c(C[NH+]2CCCC2)c2c1C(=O)C(=Cc1cc3cc(Br)ccc3o1)O2. The highest BCUT2D eigenvalue weighted by Gasteiger charge is 2.33. The number of Topliss-reactive ketones (excluding diaryl/α,β-unsaturated/α-hetero) is 1. The van der Waals surface area contributed by atoms with Gasteiger partial charge < -0.3 is 19.2 Å². The number of halogens is 1. The first-order valence-electron chi connectivity index (χ1n) is 9.80. The molecule has 148 valence electrons. The van der Waals surface area contributed by atoms with Crippen molar-refractivity contribution in [3.05, 3.63) is 63.0 Å². The number of hydrogen-bond acceptors (Lipinski definition) is 4. The second-order valence-electron chi connectivity index (χ2n) is 7.78. The monoisotopic (exact) mass is 453 g/mol. The highest BCUT2D eigenvalue weighted by Crippen LogP contribution is 2.41. The van der Waals surface area contributed by atoms with Crippen molar-refractivity contribution in [3.63, 3.8) is 0 Å². The molecule has 0 unspecified atom stereocenters. The first-order valence-corrected chi connectivity index (χ1v) is 10.6. The van der Waals surface area contributed by atoms with Crippen LogP contribution in [0.5, 0.6) is 11.5 Å². The van der Waals surface area contributed by atoms with Crippen LogP contribution in [-0.2, 0) is 6.54 Å². The molecule has 1 saturated heterocycles. The largest absolute Gasteiger partial charge is 0.872 e. The number of hydrogen-bond donors (Lipinski definition) is 1. The van der Waals surface area contributed by atoms with Crippen molar-refractivity contribution in [2.75, 3.05) is 13.1 Å². The number of likely N-dealkylation sites (tertiary alicyclic amines) is 1. The molecule has 2 aromatic carbocycles. The van der Waals surface area contributed by atoms with E-state index in [1.807, 2.05) is 24.3 Å². The summed E-state index contributed by atoms with van der Waals surface area (Å²) in [6.07, 6.45) is 3.96. The molecule has 0 aliphatic carbocycles. The zero-order valence-electron chi connectivity index (χ0n) is 16.0. The van der Waals surface area contributed by atoms with E-state index in [1.165, 1.54) is 17.7 Å². The molecule has 5 rings (SSSR count). The van der Waals surface area contributed by atoms with Gasteiger partial charge in [-0.3, -0.25) is 4.79 Å². The van der Waals surface area contributed by atoms with E-state index in [0.717, 1.165) is 28.5 Å². The summed E-state index contributed by atoms with van der Waals surface area (Å²) in [4.78, 5) is 14.4. The summed E-state index contributed by atoms with van der Waals surface area (Å²) in [5.41, 5.74) is 2.50. The van der Waals surface area contributed by atoms with Gasteiger partial charge in [-0.2, -0.15) is 0 Å². The molecule has 2 aliphatic heterocycles. The standard InChI is InChI=1S/C23H20BrNO4/c1-13-8-18(26)17(12-25-6-2-3-7-25)23-21(13)22(27)20(29-23)11-16-10-14-9-15(24)4-5-19(14)28-16/h4-5,8-11,26H,2-3,6-7,12H2,1H3. The van der Waals surface area contributed by atoms with Crippen molar-refractivity contribution in [1.82, 2.24) is 0 Å². The second-order valence-corrected chi connectivity index (χ2v) is 8.69. The Kier molecular flexibility index (Phi) is 4.48. The third-order valence-electron chi connectivity index (χ3n) is 5.71. The minimum absolute atomic E-state index is 0.0525. The number of furan rings is 1. The van der Waals surface area contributed by atoms with Crippen molar-refractivity contribution in [2.45, 2.75) is 26.3 Å². The fourth-order valence-electron chi connectivity index (χ4n) is 4.27. The lowest BCUT2D eigenvalue weighted by atomic mass is 9.99. The summed E-state index contributed by atoms with van der Waals surface area (Å²) in [5.74, 6) is 0.926. The van der Waals surface area contributed by atoms with Gasteiger partial charge in [-0.25, -0.2) is 0 Å². The van der Waals surface area contributed by atoms with Gasteiger partial charge in [0.25, 0.3) is 0 Å². The Labute approximate surface area is 176 Å². The number of ether oxygens (including phenoxy) is 1. The van der Waals surface area contributed by atoms with E-state index in [0.29, 0.717) is 34.7 Å². The molecular formula is C23H20BrNO4. The number of carbonyl (C=O) groups is 1. The zero-order valence-corrected chi connectivity index (χ0v) is 17.6. The van der Waals surface area contributed by atoms with E-state index in [-0.39, 0.29) is 17.3 Å². The quantitative estimate of drug-likeness (QED) is 0.617. The zero-order chi connectivity index (χ0) is 20.1. The number of fused-ring (bicyclic) bond motifs is 2. The topological polar surface area (TPSA) is 66.9 Å². The van der Waals surface area contributed by atoms with Crippen LogP contribution in [0.25, 0.3) is 17.0 Å². The molecule has 0 spiro atoms. The van der Waals surface area contributed by atoms with Crippen LogP contribution in [0.4, 0.5) is 0 Å². The second kappa shape index (κ2) is 7.04. The summed E-state index contributed by atoms with van der Waals surface area (Å²) in [6, 6.07) is 9.17. The highest BCUT2D eigenvalue weighted by atomic mass is 79.9. The molecule has 0 bridgehead atoms. The lowest BCUT2D eigenvalue weighted by Crippen LogP contribution is -3.08. The van der Waals surface area contributed by atoms with Gasteiger partial charge in [-0.15, -0.1) is 0 Å². The number of benzene rings is 2. The van der Waals surface area contributed by atoms with Gasteiger partial charge in [0.1, 0.15) is 23.6 Å². The Bertz CT molecular complexity index is 1170. The number of nitrogens with one attached hydrogen (secondary N) is 1. The Morgan fingerprint density at radius 3 is 2.79 bits per heavy atom. The van der Waals surface area contributed by atoms with Gasteiger partial charge in [0.15, 0.2) is 5.76 Å². The summed E-state index contributed by atoms with van der Waals surface area (Å²) in [5, 5.41) is 13.6. The van der Waals surface area contributed by atoms with Crippen molar-refractivity contribution >= 4 is 38.8 Å². The molecule has 0 amide bonds. The number of aryl methyl sites for hydroxylation is 1. The van der Waals surface area contributed by atoms with E-state index in [9.17, 15) is 9.90 Å². The van der Waals surface area contributed by atoms with E-state index >= 15 is 0 Å². The maximum Gasteiger partial charge on any atom is 0.232 e. The van der Waals surface area contributed by atoms with Gasteiger partial charge in [0, 0.05) is 34.3 Å². The van der Waals surface area contributed by atoms with Gasteiger partial charge in [0.2, 0.25) is 5.78 Å². The summed E-state index contributed by atoms with van der Waals surface area (Å²) >= 11 is 3.45. The summed E-state index contributed by atoms with van der Waals surface area (Å²) < 4.78 is 12.8. The molecule has 5 nitrogen and oxygen atoms in total. The number of quaternary nitrogens is 1. The van der Waals surface area contributed by atoms with Crippen LogP contribution in [-0.4, -0.2) is 18.9 Å². The Hall–Kier alpha value is -2.57. The van der Waals surface area contributed by atoms with Crippen LogP contribution >= 0.6 is 15.9 Å². The Morgan fingerprint density at radius 2 is 2.00 bits per heavy atom. The maximum absolute atomic E-state index is 13.0. The van der Waals surface area contributed by atoms with Crippen LogP contribution < -0.4 is 14.7 Å². The molecule has 0 radical (unpaired) electrons. The molecule has 1 N–H and O–H groups in total. The van der Waals surface area contributed by atoms with Crippen molar-refractivity contribution in [3.8, 4) is 11.5 Å². The summed E-state index contributed by atoms with van der Waals surface area (Å²) in [6.45, 7) is 4.48. The van der Waals surface area contributed by atoms with Crippen molar-refractivity contribution in [2.24, 2.45) is 0 Å². The lowest BCUT2D eigenvalue weighted by molar-refractivity contribution is -0.901. The number of allylic oxidation sites excluding steroid dienone is 1. The minimum Gasteiger partial charge on any atom is -0.872 e. The van der Waals surface area contributed by atoms with E-state index < -0.39 is 0 Å². The van der Waals surface area contributed by atoms with Gasteiger partial charge in [0.05, 0.1) is 18.7 Å². The molecule has 3 heterocycles. The molecule has 3 aromatic rings. The molecule has 6 heteroatoms. The average molecular weight is 454 g/mol. The van der Waals surface area contributed by atoms with Crippen LogP contribution in [0.3, 0.4) is 0 Å². The maximum atomic E-state index is 13.0. The normalized spacial score (nSPS) is 18.0. The Balaban J connectivity index is 1.53. The molecule has 1 fully saturated rings.